The van der Waals surface area contributed by atoms with Gasteiger partial charge >= 0.3 is 0 Å². The van der Waals surface area contributed by atoms with E-state index in [4.69, 9.17) is 16.8 Å². The van der Waals surface area contributed by atoms with Crippen molar-refractivity contribution in [3.8, 4) is 11.1 Å². The van der Waals surface area contributed by atoms with Crippen LogP contribution in [0.1, 0.15) is 18.9 Å². The molecule has 0 aliphatic carbocycles. The molecule has 28 heavy (non-hydrogen) atoms. The molecule has 0 aliphatic heterocycles. The molecular weight excluding hydrogens is 418 g/mol. The molecule has 0 fully saturated rings. The number of nitrogens with one attached hydrogen (secondary N) is 2. The molecule has 7 nitrogen and oxygen atoms in total. The van der Waals surface area contributed by atoms with Gasteiger partial charge < -0.3 is 4.98 Å². The molecule has 152 valence electrons. The number of amides is 1. The lowest BCUT2D eigenvalue weighted by Gasteiger charge is -2.25. The predicted molar refractivity (Wildman–Crippen MR) is 98.9 cm³/mol. The minimum Gasteiger partial charge on any atom is -0.329 e. The zero-order valence-electron chi connectivity index (χ0n) is 14.8. The number of halogens is 3. The van der Waals surface area contributed by atoms with Crippen LogP contribution in [-0.2, 0) is 21.1 Å². The van der Waals surface area contributed by atoms with Gasteiger partial charge in [-0.05, 0) is 43.5 Å². The number of H-pyrrole nitrogens is 1. The Labute approximate surface area is 164 Å². The quantitative estimate of drug-likeness (QED) is 0.366. The summed E-state index contributed by atoms with van der Waals surface area (Å²) in [6.45, 7) is 1.09. The smallest absolute Gasteiger partial charge is 0.264 e. The van der Waals surface area contributed by atoms with Crippen molar-refractivity contribution in [2.24, 2.45) is 0 Å². The molecule has 0 spiro atoms. The average Bonchev–Trinajstić information content (AvgIpc) is 2.63. The lowest BCUT2D eigenvalue weighted by atomic mass is 9.94. The van der Waals surface area contributed by atoms with Gasteiger partial charge in [0.05, 0.1) is 5.02 Å². The second-order valence-corrected chi connectivity index (χ2v) is 9.22. The number of pyridine rings is 1. The molecule has 0 saturated heterocycles. The van der Waals surface area contributed by atoms with Gasteiger partial charge in [0.2, 0.25) is 0 Å². The fraction of sp³-hybridized carbons (Fsp3) is 0.294. The summed E-state index contributed by atoms with van der Waals surface area (Å²) >= 11 is 5.55. The molecule has 0 radical (unpaired) electrons. The lowest BCUT2D eigenvalue weighted by Crippen LogP contribution is -2.49. The molecule has 1 aromatic heterocycles. The third-order valence-corrected chi connectivity index (χ3v) is 6.96. The van der Waals surface area contributed by atoms with Crippen LogP contribution in [0.2, 0.25) is 5.02 Å². The van der Waals surface area contributed by atoms with E-state index in [1.54, 1.807) is 0 Å². The van der Waals surface area contributed by atoms with Crippen molar-refractivity contribution in [2.75, 3.05) is 6.26 Å². The van der Waals surface area contributed by atoms with Gasteiger partial charge in [-0.2, -0.15) is 0 Å². The van der Waals surface area contributed by atoms with Crippen LogP contribution >= 0.6 is 11.6 Å². The molecule has 2 rings (SSSR count). The van der Waals surface area contributed by atoms with Gasteiger partial charge in [0.25, 0.3) is 11.5 Å². The summed E-state index contributed by atoms with van der Waals surface area (Å²) in [4.78, 5) is 26.6. The van der Waals surface area contributed by atoms with E-state index < -0.39 is 49.1 Å². The van der Waals surface area contributed by atoms with Gasteiger partial charge in [-0.3, -0.25) is 14.8 Å². The Hall–Kier alpha value is -2.30. The van der Waals surface area contributed by atoms with Gasteiger partial charge in [0, 0.05) is 23.6 Å². The molecule has 0 unspecified atom stereocenters. The Bertz CT molecular complexity index is 1090. The summed E-state index contributed by atoms with van der Waals surface area (Å²) in [6.07, 6.45) is 1.37. The van der Waals surface area contributed by atoms with E-state index in [0.29, 0.717) is 0 Å². The molecule has 11 heteroatoms. The Morgan fingerprint density at radius 3 is 2.46 bits per heavy atom. The fourth-order valence-corrected chi connectivity index (χ4v) is 3.70. The number of carbonyl (C=O) groups is 1. The van der Waals surface area contributed by atoms with E-state index in [-0.39, 0.29) is 23.1 Å². The van der Waals surface area contributed by atoms with E-state index in [9.17, 15) is 26.8 Å². The standard InChI is InChI=1S/C17H17ClF2N2O5S/c1-17(16(24)22-25,28(2,26)27)7-5-11-9(6-8-21-15(11)23)10-3-4-12(18)14(20)13(10)19/h3-4,6,8,25H,5,7H2,1-2H3,(H,21,23)(H,22,24)/t17-/m1/s1. The highest BCUT2D eigenvalue weighted by Gasteiger charge is 2.43. The maximum atomic E-state index is 14.3. The van der Waals surface area contributed by atoms with Crippen molar-refractivity contribution in [2.45, 2.75) is 24.5 Å². The van der Waals surface area contributed by atoms with Gasteiger partial charge in [-0.25, -0.2) is 22.7 Å². The first-order valence-corrected chi connectivity index (χ1v) is 10.2. The summed E-state index contributed by atoms with van der Waals surface area (Å²) in [6, 6.07) is 3.64. The average molecular weight is 435 g/mol. The number of aromatic amines is 1. The number of hydrogen-bond donors (Lipinski definition) is 3. The van der Waals surface area contributed by atoms with Crippen molar-refractivity contribution >= 4 is 27.3 Å². The molecule has 1 atom stereocenters. The second kappa shape index (κ2) is 7.98. The monoisotopic (exact) mass is 434 g/mol. The van der Waals surface area contributed by atoms with Crippen LogP contribution < -0.4 is 11.0 Å². The van der Waals surface area contributed by atoms with Crippen LogP contribution in [0.5, 0.6) is 0 Å². The Morgan fingerprint density at radius 2 is 1.89 bits per heavy atom. The van der Waals surface area contributed by atoms with Crippen LogP contribution in [0, 0.1) is 11.6 Å². The first-order chi connectivity index (χ1) is 12.9. The van der Waals surface area contributed by atoms with Gasteiger partial charge in [0.1, 0.15) is 4.75 Å². The maximum absolute atomic E-state index is 14.3. The van der Waals surface area contributed by atoms with Gasteiger partial charge in [-0.15, -0.1) is 0 Å². The number of rotatable bonds is 6. The van der Waals surface area contributed by atoms with E-state index >= 15 is 0 Å². The minimum absolute atomic E-state index is 0.0251. The first-order valence-electron chi connectivity index (χ1n) is 7.92. The lowest BCUT2D eigenvalue weighted by molar-refractivity contribution is -0.131. The maximum Gasteiger partial charge on any atom is 0.264 e. The fourth-order valence-electron chi connectivity index (χ4n) is 2.69. The Balaban J connectivity index is 2.56. The highest BCUT2D eigenvalue weighted by Crippen LogP contribution is 2.31. The van der Waals surface area contributed by atoms with E-state index in [2.05, 4.69) is 4.98 Å². The highest BCUT2D eigenvalue weighted by atomic mass is 35.5. The number of hydroxylamine groups is 1. The Morgan fingerprint density at radius 1 is 1.25 bits per heavy atom. The van der Waals surface area contributed by atoms with Crippen molar-refractivity contribution in [1.82, 2.24) is 10.5 Å². The predicted octanol–water partition coefficient (Wildman–Crippen LogP) is 2.21. The number of sulfone groups is 1. The van der Waals surface area contributed by atoms with Crippen LogP contribution in [0.3, 0.4) is 0 Å². The normalized spacial score (nSPS) is 13.8. The van der Waals surface area contributed by atoms with Crippen LogP contribution in [0.25, 0.3) is 11.1 Å². The number of aromatic nitrogens is 1. The first kappa shape index (κ1) is 22.0. The van der Waals surface area contributed by atoms with Crippen molar-refractivity contribution in [3.05, 3.63) is 57.0 Å². The number of hydrogen-bond acceptors (Lipinski definition) is 5. The molecule has 1 aromatic carbocycles. The third-order valence-electron chi connectivity index (χ3n) is 4.64. The molecule has 0 aliphatic rings. The van der Waals surface area contributed by atoms with Crippen molar-refractivity contribution in [1.29, 1.82) is 0 Å². The van der Waals surface area contributed by atoms with Gasteiger partial charge in [-0.1, -0.05) is 11.6 Å². The molecule has 2 aromatic rings. The van der Waals surface area contributed by atoms with Crippen LogP contribution in [0.15, 0.2) is 29.2 Å². The van der Waals surface area contributed by atoms with E-state index in [1.165, 1.54) is 23.8 Å². The summed E-state index contributed by atoms with van der Waals surface area (Å²) in [5.41, 5.74) is 0.377. The molecule has 1 amide bonds. The zero-order chi connectivity index (χ0) is 21.3. The summed E-state index contributed by atoms with van der Waals surface area (Å²) in [5, 5.41) is 8.44. The molecule has 3 N–H and O–H groups in total. The molecule has 0 saturated carbocycles. The molecule has 0 bridgehead atoms. The molecule has 1 heterocycles. The molecular formula is C17H17ClF2N2O5S. The van der Waals surface area contributed by atoms with Crippen molar-refractivity contribution in [3.63, 3.8) is 0 Å². The van der Waals surface area contributed by atoms with Crippen molar-refractivity contribution < 1.29 is 27.2 Å². The second-order valence-electron chi connectivity index (χ2n) is 6.37. The summed E-state index contributed by atoms with van der Waals surface area (Å²) in [7, 11) is -3.99. The Kier molecular flexibility index (Phi) is 6.27. The largest absolute Gasteiger partial charge is 0.329 e. The third kappa shape index (κ3) is 3.94. The van der Waals surface area contributed by atoms with Gasteiger partial charge in [0.15, 0.2) is 21.5 Å². The van der Waals surface area contributed by atoms with E-state index in [1.807, 2.05) is 0 Å². The minimum atomic E-state index is -3.99. The summed E-state index contributed by atoms with van der Waals surface area (Å²) < 4.78 is 50.3. The van der Waals surface area contributed by atoms with Crippen LogP contribution in [0.4, 0.5) is 8.78 Å². The highest BCUT2D eigenvalue weighted by molar-refractivity contribution is 7.92. The zero-order valence-corrected chi connectivity index (χ0v) is 16.4. The van der Waals surface area contributed by atoms with E-state index in [0.717, 1.165) is 19.2 Å². The SMILES string of the molecule is C[C@@](CCc1c(-c2ccc(Cl)c(F)c2F)cc[nH]c1=O)(C(=O)NO)S(C)(=O)=O. The summed E-state index contributed by atoms with van der Waals surface area (Å²) in [5.74, 6) is -3.73. The van der Waals surface area contributed by atoms with Crippen LogP contribution in [-0.4, -0.2) is 35.5 Å². The number of benzene rings is 1. The topological polar surface area (TPSA) is 116 Å². The number of carbonyl (C=O) groups excluding carboxylic acids is 1.